The van der Waals surface area contributed by atoms with Crippen LogP contribution in [0, 0.1) is 0 Å². The fourth-order valence-electron chi connectivity index (χ4n) is 4.07. The van der Waals surface area contributed by atoms with Crippen molar-refractivity contribution in [2.24, 2.45) is 0 Å². The van der Waals surface area contributed by atoms with E-state index in [2.05, 4.69) is 152 Å². The molecule has 0 aliphatic rings. The molecule has 5 heterocycles. The van der Waals surface area contributed by atoms with Crippen molar-refractivity contribution in [2.45, 2.75) is 119 Å². The Hall–Kier alpha value is -5.31. The third-order valence-electron chi connectivity index (χ3n) is 7.50. The molecule has 1 aromatic carbocycles. The van der Waals surface area contributed by atoms with Crippen LogP contribution in [-0.4, -0.2) is 45.1 Å². The number of aromatic nitrogens is 9. The summed E-state index contributed by atoms with van der Waals surface area (Å²) < 4.78 is 0. The highest BCUT2D eigenvalue weighted by atomic mass is 15.1. The van der Waals surface area contributed by atoms with E-state index in [9.17, 15) is 0 Å². The van der Waals surface area contributed by atoms with Crippen LogP contribution in [0.4, 0.5) is 0 Å². The molecule has 6 aromatic rings. The molecule has 0 aliphatic heterocycles. The van der Waals surface area contributed by atoms with E-state index in [1.54, 1.807) is 49.7 Å². The maximum Gasteiger partial charge on any atom is 0.130 e. The summed E-state index contributed by atoms with van der Waals surface area (Å²) in [7, 11) is 0. The standard InChI is InChI=1S/C9H12.C8H11N.4C7H10N2/c1-8(2)9-6-4-3-5-7-9;1-7(2)8-3-5-9-6-4-8;1-6(2)7-5-8-3-4-9-7;1-6(2)7-3-4-8-5-9-7;1-6(2)7-8-4-3-5-9-7;1-6(2)7-4-3-5-8-9-7/h3-8H,1-2H3;3-7H,1-2H3;4*3-6H,1-2H3. The van der Waals surface area contributed by atoms with Crippen molar-refractivity contribution in [3.05, 3.63) is 163 Å². The number of benzene rings is 1. The van der Waals surface area contributed by atoms with Gasteiger partial charge in [0.1, 0.15) is 12.2 Å². The van der Waals surface area contributed by atoms with Gasteiger partial charge in [0.2, 0.25) is 0 Å². The minimum Gasteiger partial charge on any atom is -0.265 e. The lowest BCUT2D eigenvalue weighted by Gasteiger charge is -2.01. The smallest absolute Gasteiger partial charge is 0.130 e. The van der Waals surface area contributed by atoms with Crippen LogP contribution in [-0.2, 0) is 0 Å². The molecule has 0 spiro atoms. The molecule has 288 valence electrons. The van der Waals surface area contributed by atoms with Crippen molar-refractivity contribution in [3.8, 4) is 0 Å². The normalized spacial score (nSPS) is 10.1. The summed E-state index contributed by atoms with van der Waals surface area (Å²) >= 11 is 0. The maximum absolute atomic E-state index is 4.12. The fourth-order valence-corrected chi connectivity index (χ4v) is 4.07. The topological polar surface area (TPSA) is 116 Å². The third kappa shape index (κ3) is 21.9. The highest BCUT2D eigenvalue weighted by Crippen LogP contribution is 2.13. The molecule has 0 amide bonds. The van der Waals surface area contributed by atoms with E-state index < -0.39 is 0 Å². The molecule has 0 radical (unpaired) electrons. The van der Waals surface area contributed by atoms with Gasteiger partial charge < -0.3 is 0 Å². The van der Waals surface area contributed by atoms with Crippen LogP contribution in [0.25, 0.3) is 0 Å². The largest absolute Gasteiger partial charge is 0.265 e. The molecule has 54 heavy (non-hydrogen) atoms. The summed E-state index contributed by atoms with van der Waals surface area (Å²) in [5.41, 5.74) is 5.97. The van der Waals surface area contributed by atoms with Crippen molar-refractivity contribution >= 4 is 0 Å². The Labute approximate surface area is 325 Å². The Morgan fingerprint density at radius 2 is 0.926 bits per heavy atom. The van der Waals surface area contributed by atoms with Crippen LogP contribution in [0.1, 0.15) is 153 Å². The fraction of sp³-hybridized carbons (Fsp3) is 0.400. The first kappa shape index (κ1) is 46.7. The van der Waals surface area contributed by atoms with Crippen LogP contribution >= 0.6 is 0 Å². The molecule has 9 heteroatoms. The first-order chi connectivity index (χ1) is 25.8. The molecule has 9 nitrogen and oxygen atoms in total. The van der Waals surface area contributed by atoms with Gasteiger partial charge in [0.15, 0.2) is 0 Å². The van der Waals surface area contributed by atoms with E-state index in [1.807, 2.05) is 54.9 Å². The summed E-state index contributed by atoms with van der Waals surface area (Å²) in [5, 5.41) is 7.68. The second kappa shape index (κ2) is 28.2. The zero-order valence-corrected chi connectivity index (χ0v) is 34.6. The summed E-state index contributed by atoms with van der Waals surface area (Å²) in [5.74, 6) is 4.10. The van der Waals surface area contributed by atoms with E-state index in [0.717, 1.165) is 22.9 Å². The lowest BCUT2D eigenvalue weighted by Crippen LogP contribution is -1.93. The average Bonchev–Trinajstić information content (AvgIpc) is 3.21. The van der Waals surface area contributed by atoms with Crippen molar-refractivity contribution in [3.63, 3.8) is 0 Å². The summed E-state index contributed by atoms with van der Waals surface area (Å²) in [6.45, 7) is 25.5. The van der Waals surface area contributed by atoms with Gasteiger partial charge in [0.25, 0.3) is 0 Å². The average molecular weight is 730 g/mol. The predicted octanol–water partition coefficient (Wildman–Crippen LogP) is 11.4. The number of rotatable bonds is 6. The lowest BCUT2D eigenvalue weighted by atomic mass is 10.0. The molecular formula is C45H63N9. The van der Waals surface area contributed by atoms with Crippen LogP contribution in [0.2, 0.25) is 0 Å². The molecule has 0 N–H and O–H groups in total. The number of pyridine rings is 1. The molecular weight excluding hydrogens is 667 g/mol. The summed E-state index contributed by atoms with van der Waals surface area (Å²) in [6, 6.07) is 22.3. The Morgan fingerprint density at radius 1 is 0.352 bits per heavy atom. The summed E-state index contributed by atoms with van der Waals surface area (Å²) in [6.07, 6.45) is 17.4. The van der Waals surface area contributed by atoms with Crippen LogP contribution < -0.4 is 0 Å². The number of hydrogen-bond donors (Lipinski definition) is 0. The molecule has 0 atom stereocenters. The van der Waals surface area contributed by atoms with Gasteiger partial charge in [-0.3, -0.25) is 15.0 Å². The highest BCUT2D eigenvalue weighted by molar-refractivity contribution is 5.17. The minimum absolute atomic E-state index is 0.436. The molecule has 6 rings (SSSR count). The van der Waals surface area contributed by atoms with Crippen molar-refractivity contribution in [1.82, 2.24) is 45.1 Å². The molecule has 0 fully saturated rings. The SMILES string of the molecule is CC(C)c1ccccc1.CC(C)c1cccnn1.CC(C)c1ccncc1.CC(C)c1ccncn1.CC(C)c1cnccn1.CC(C)c1ncccn1. The Bertz CT molecular complexity index is 1350. The Balaban J connectivity index is 0.000000324. The van der Waals surface area contributed by atoms with Gasteiger partial charge in [-0.1, -0.05) is 113 Å². The van der Waals surface area contributed by atoms with Gasteiger partial charge >= 0.3 is 0 Å². The van der Waals surface area contributed by atoms with Crippen molar-refractivity contribution in [2.75, 3.05) is 0 Å². The second-order valence-corrected chi connectivity index (χ2v) is 14.1. The zero-order valence-electron chi connectivity index (χ0n) is 34.6. The first-order valence-electron chi connectivity index (χ1n) is 18.8. The van der Waals surface area contributed by atoms with Gasteiger partial charge in [-0.25, -0.2) is 19.9 Å². The van der Waals surface area contributed by atoms with Crippen LogP contribution in [0.15, 0.2) is 129 Å². The Morgan fingerprint density at radius 3 is 1.26 bits per heavy atom. The maximum atomic E-state index is 4.12. The van der Waals surface area contributed by atoms with Crippen molar-refractivity contribution < 1.29 is 0 Å². The summed E-state index contributed by atoms with van der Waals surface area (Å²) in [4.78, 5) is 28.0. The van der Waals surface area contributed by atoms with E-state index in [-0.39, 0.29) is 0 Å². The van der Waals surface area contributed by atoms with Crippen LogP contribution in [0.3, 0.4) is 0 Å². The molecule has 0 unspecified atom stereocenters. The van der Waals surface area contributed by atoms with E-state index in [0.29, 0.717) is 35.5 Å². The van der Waals surface area contributed by atoms with Crippen molar-refractivity contribution in [1.29, 1.82) is 0 Å². The molecule has 0 aliphatic carbocycles. The number of nitrogens with zero attached hydrogens (tertiary/aromatic N) is 9. The number of hydrogen-bond acceptors (Lipinski definition) is 9. The van der Waals surface area contributed by atoms with E-state index in [1.165, 1.54) is 11.1 Å². The second-order valence-electron chi connectivity index (χ2n) is 14.1. The minimum atomic E-state index is 0.436. The Kier molecular flexibility index (Phi) is 24.4. The van der Waals surface area contributed by atoms with Crippen LogP contribution in [0.5, 0.6) is 0 Å². The molecule has 0 saturated heterocycles. The zero-order chi connectivity index (χ0) is 40.1. The molecule has 0 bridgehead atoms. The van der Waals surface area contributed by atoms with Gasteiger partial charge in [-0.05, 0) is 77.1 Å². The molecule has 5 aromatic heterocycles. The van der Waals surface area contributed by atoms with E-state index >= 15 is 0 Å². The highest BCUT2D eigenvalue weighted by Gasteiger charge is 1.99. The van der Waals surface area contributed by atoms with Gasteiger partial charge in [0, 0.05) is 67.4 Å². The van der Waals surface area contributed by atoms with Gasteiger partial charge in [-0.15, -0.1) is 0 Å². The molecule has 0 saturated carbocycles. The van der Waals surface area contributed by atoms with E-state index in [4.69, 9.17) is 0 Å². The quantitative estimate of drug-likeness (QED) is 0.165. The van der Waals surface area contributed by atoms with Gasteiger partial charge in [0.05, 0.1) is 11.4 Å². The third-order valence-corrected chi connectivity index (χ3v) is 7.50. The predicted molar refractivity (Wildman–Crippen MR) is 223 cm³/mol. The first-order valence-corrected chi connectivity index (χ1v) is 18.8. The van der Waals surface area contributed by atoms with Gasteiger partial charge in [-0.2, -0.15) is 10.2 Å². The monoisotopic (exact) mass is 730 g/mol. The lowest BCUT2D eigenvalue weighted by molar-refractivity contribution is 0.774.